The Morgan fingerprint density at radius 1 is 0.667 bits per heavy atom. The van der Waals surface area contributed by atoms with Crippen LogP contribution in [0.3, 0.4) is 0 Å². The molecule has 0 saturated carbocycles. The second-order valence-electron chi connectivity index (χ2n) is 14.5. The van der Waals surface area contributed by atoms with Crippen LogP contribution in [0.15, 0.2) is 60.0 Å². The van der Waals surface area contributed by atoms with Gasteiger partial charge in [-0.25, -0.2) is 0 Å². The van der Waals surface area contributed by atoms with Gasteiger partial charge in [0.1, 0.15) is 0 Å². The summed E-state index contributed by atoms with van der Waals surface area (Å²) in [7, 11) is 12.1. The molecule has 4 rings (SSSR count). The van der Waals surface area contributed by atoms with E-state index in [4.69, 9.17) is 26.0 Å². The van der Waals surface area contributed by atoms with E-state index in [-0.39, 0.29) is 17.4 Å². The first-order chi connectivity index (χ1) is 17.7. The molecule has 0 spiro atoms. The summed E-state index contributed by atoms with van der Waals surface area (Å²) in [5.74, 6) is 1.88. The van der Waals surface area contributed by atoms with Crippen LogP contribution in [-0.4, -0.2) is 20.4 Å². The Balaban J connectivity index is 1.95. The van der Waals surface area contributed by atoms with Gasteiger partial charge in [0.05, 0.1) is 0 Å². The molecule has 0 aromatic heterocycles. The number of benzene rings is 2. The van der Waals surface area contributed by atoms with Gasteiger partial charge in [0.2, 0.25) is 0 Å². The molecule has 2 nitrogen and oxygen atoms in total. The Morgan fingerprint density at radius 2 is 1.00 bits per heavy atom. The summed E-state index contributed by atoms with van der Waals surface area (Å²) >= 11 is -5.23. The van der Waals surface area contributed by atoms with Gasteiger partial charge in [0.15, 0.2) is 0 Å². The maximum atomic E-state index is 8.24. The maximum absolute atomic E-state index is 8.24. The molecule has 7 heteroatoms. The zero-order chi connectivity index (χ0) is 29.3. The van der Waals surface area contributed by atoms with E-state index in [9.17, 15) is 0 Å². The first kappa shape index (κ1) is 31.2. The number of hydrogen-bond acceptors (Lipinski definition) is 2. The van der Waals surface area contributed by atoms with Gasteiger partial charge < -0.3 is 0 Å². The molecule has 2 aliphatic carbocycles. The van der Waals surface area contributed by atoms with Crippen LogP contribution >= 0.6 is 17.2 Å². The molecule has 2 aromatic rings. The molecule has 2 atom stereocenters. The molecule has 0 heterocycles. The molecule has 0 N–H and O–H groups in total. The summed E-state index contributed by atoms with van der Waals surface area (Å²) < 4.78 is 16.1. The van der Waals surface area contributed by atoms with Crippen LogP contribution in [0, 0.1) is 0 Å². The third-order valence-corrected chi connectivity index (χ3v) is 45.4. The topological polar surface area (TPSA) is 18.5 Å². The van der Waals surface area contributed by atoms with Crippen molar-refractivity contribution in [1.82, 2.24) is 0 Å². The Hall–Kier alpha value is -0.726. The van der Waals surface area contributed by atoms with Crippen molar-refractivity contribution in [3.05, 3.63) is 82.3 Å². The first-order valence-electron chi connectivity index (χ1n) is 14.1. The van der Waals surface area contributed by atoms with E-state index < -0.39 is 32.3 Å². The van der Waals surface area contributed by atoms with Crippen molar-refractivity contribution in [1.29, 1.82) is 0 Å². The second-order valence-corrected chi connectivity index (χ2v) is 54.3. The van der Waals surface area contributed by atoms with E-state index in [0.29, 0.717) is 0 Å². The van der Waals surface area contributed by atoms with Crippen molar-refractivity contribution >= 4 is 49.7 Å². The van der Waals surface area contributed by atoms with Gasteiger partial charge in [0, 0.05) is 0 Å². The summed E-state index contributed by atoms with van der Waals surface area (Å²) in [6.07, 6.45) is 4.42. The normalized spacial score (nSPS) is 20.2. The quantitative estimate of drug-likeness (QED) is 0.273. The molecule has 2 aromatic carbocycles. The fourth-order valence-electron chi connectivity index (χ4n) is 5.30. The average Bonchev–Trinajstić information content (AvgIpc) is 3.35. The predicted molar refractivity (Wildman–Crippen MR) is 174 cm³/mol. The molecule has 0 saturated heterocycles. The Bertz CT molecular complexity index is 1320. The Labute approximate surface area is 246 Å². The summed E-state index contributed by atoms with van der Waals surface area (Å²) in [4.78, 5) is 0. The zero-order valence-electron chi connectivity index (χ0n) is 25.6. The molecular weight excluding hydrogens is 722 g/mol. The molecule has 2 aliphatic rings. The third kappa shape index (κ3) is 5.33. The molecule has 0 radical (unpaired) electrons. The summed E-state index contributed by atoms with van der Waals surface area (Å²) in [6.45, 7) is 24.9. The minimum atomic E-state index is -5.23. The molecule has 0 aliphatic heterocycles. The van der Waals surface area contributed by atoms with Crippen molar-refractivity contribution in [2.24, 2.45) is 0 Å². The van der Waals surface area contributed by atoms with E-state index in [1.165, 1.54) is 11.1 Å². The molecular formula is C32H46Cl2HfO2Si2. The first-order valence-corrected chi connectivity index (χ1v) is 35.0. The van der Waals surface area contributed by atoms with Crippen molar-refractivity contribution in [3.63, 3.8) is 0 Å². The van der Waals surface area contributed by atoms with Gasteiger partial charge in [-0.1, -0.05) is 0 Å². The van der Waals surface area contributed by atoms with Gasteiger partial charge in [-0.15, -0.1) is 0 Å². The Morgan fingerprint density at radius 3 is 1.31 bits per heavy atom. The average molecular weight is 768 g/mol. The van der Waals surface area contributed by atoms with Crippen molar-refractivity contribution in [3.8, 4) is 0 Å². The van der Waals surface area contributed by atoms with Crippen LogP contribution in [0.1, 0.15) is 78.1 Å². The van der Waals surface area contributed by atoms with Crippen molar-refractivity contribution in [2.45, 2.75) is 92.1 Å². The number of allylic oxidation sites excluding steroid dienone is 2. The van der Waals surface area contributed by atoms with Gasteiger partial charge in [-0.3, -0.25) is 0 Å². The van der Waals surface area contributed by atoms with Gasteiger partial charge in [0.25, 0.3) is 0 Å². The van der Waals surface area contributed by atoms with E-state index >= 15 is 0 Å². The SMILES string of the molecule is C[CH]=[Hf]([Cl])([Cl])([CH]1C(O[Si](C)(C)C(C)(C)C)=Cc2ccccc21)[CH]1C(O[Si](C)(C)C(C)(C)C)=Cc2ccccc21. The van der Waals surface area contributed by atoms with Crippen LogP contribution in [0.25, 0.3) is 12.2 Å². The predicted octanol–water partition coefficient (Wildman–Crippen LogP) is 11.0. The second kappa shape index (κ2) is 9.93. The zero-order valence-corrected chi connectivity index (χ0v) is 32.7. The van der Waals surface area contributed by atoms with Crippen molar-refractivity contribution in [2.75, 3.05) is 0 Å². The van der Waals surface area contributed by atoms with Crippen LogP contribution in [-0.2, 0) is 24.5 Å². The molecule has 39 heavy (non-hydrogen) atoms. The van der Waals surface area contributed by atoms with Gasteiger partial charge >= 0.3 is 249 Å². The molecule has 2 unspecified atom stereocenters. The van der Waals surface area contributed by atoms with E-state index in [0.717, 1.165) is 22.6 Å². The van der Waals surface area contributed by atoms with Crippen LogP contribution in [0.2, 0.25) is 36.3 Å². The van der Waals surface area contributed by atoms with Crippen molar-refractivity contribution < 1.29 is 24.5 Å². The Kier molecular flexibility index (Phi) is 7.95. The minimum absolute atomic E-state index is 0.0462. The summed E-state index contributed by atoms with van der Waals surface area (Å²) in [6, 6.07) is 17.1. The fraction of sp³-hybridized carbons (Fsp3) is 0.469. The molecule has 0 fully saturated rings. The number of rotatable bonds is 6. The van der Waals surface area contributed by atoms with Crippen LogP contribution in [0.5, 0.6) is 0 Å². The summed E-state index contributed by atoms with van der Waals surface area (Å²) in [5, 5.41) is 0.0924. The van der Waals surface area contributed by atoms with E-state index in [2.05, 4.69) is 139 Å². The van der Waals surface area contributed by atoms with E-state index in [1.807, 2.05) is 0 Å². The van der Waals surface area contributed by atoms with Gasteiger partial charge in [-0.05, 0) is 0 Å². The fourth-order valence-corrected chi connectivity index (χ4v) is 30.3. The molecule has 212 valence electrons. The van der Waals surface area contributed by atoms with Gasteiger partial charge in [-0.2, -0.15) is 0 Å². The van der Waals surface area contributed by atoms with Crippen LogP contribution in [0.4, 0.5) is 0 Å². The standard InChI is InChI=1S/2C15H21OSi.C2H4.2ClH.Hf/c2*1-15(2,3)17(4,5)16-14-10-12-8-6-7-9-13(12)11-14;1-2;;;/h2*6-11H,1-5H3;1H,2H3;2*1H;/q;;;;;+2/p-2. The molecule has 0 amide bonds. The number of hydrogen-bond donors (Lipinski definition) is 0. The number of halogens is 2. The van der Waals surface area contributed by atoms with Crippen LogP contribution < -0.4 is 0 Å². The number of fused-ring (bicyclic) bond motifs is 2. The monoisotopic (exact) mass is 768 g/mol. The van der Waals surface area contributed by atoms with E-state index in [1.54, 1.807) is 0 Å². The molecule has 0 bridgehead atoms. The third-order valence-electron chi connectivity index (χ3n) is 9.79. The summed E-state index contributed by atoms with van der Waals surface area (Å²) in [5.41, 5.74) is 4.68.